The maximum atomic E-state index is 13.1. The molecular weight excluding hydrogens is 349 g/mol. The number of fused-ring (bicyclic) bond motifs is 1. The average molecular weight is 358 g/mol. The molecule has 0 amide bonds. The number of sulfone groups is 1. The maximum absolute atomic E-state index is 13.1. The smallest absolute Gasteiger partial charge is 0.181 e. The molecule has 0 spiro atoms. The van der Waals surface area contributed by atoms with Crippen molar-refractivity contribution >= 4 is 32.4 Å². The van der Waals surface area contributed by atoms with Crippen molar-refractivity contribution in [3.05, 3.63) is 29.3 Å². The van der Waals surface area contributed by atoms with Gasteiger partial charge in [0.05, 0.1) is 10.1 Å². The number of rotatable bonds is 0. The summed E-state index contributed by atoms with van der Waals surface area (Å²) in [6.45, 7) is 1.59. The van der Waals surface area contributed by atoms with Gasteiger partial charge in [0.15, 0.2) is 21.5 Å². The normalized spacial score (nSPS) is 27.5. The molecule has 1 aliphatic rings. The van der Waals surface area contributed by atoms with Crippen LogP contribution in [0.3, 0.4) is 0 Å². The van der Waals surface area contributed by atoms with E-state index < -0.39 is 26.7 Å². The van der Waals surface area contributed by atoms with Crippen molar-refractivity contribution in [3.8, 4) is 0 Å². The van der Waals surface area contributed by atoms with E-state index in [0.29, 0.717) is 12.0 Å². The van der Waals surface area contributed by atoms with E-state index in [0.717, 1.165) is 12.1 Å². The zero-order valence-corrected chi connectivity index (χ0v) is 11.3. The van der Waals surface area contributed by atoms with Crippen LogP contribution in [0.4, 0.5) is 8.78 Å². The van der Waals surface area contributed by atoms with Crippen molar-refractivity contribution in [2.45, 2.75) is 27.4 Å². The summed E-state index contributed by atoms with van der Waals surface area (Å²) in [7, 11) is -3.50. The molecule has 1 aromatic rings. The summed E-state index contributed by atoms with van der Waals surface area (Å²) in [5.41, 5.74) is 0.373. The number of hydrogen-bond acceptors (Lipinski definition) is 2. The lowest BCUT2D eigenvalue weighted by molar-refractivity contribution is 0.498. The SMILES string of the molecule is CC1CC(I)c2cc(F)c(F)cc2S1(=O)=O. The predicted molar refractivity (Wildman–Crippen MR) is 64.4 cm³/mol. The van der Waals surface area contributed by atoms with E-state index in [-0.39, 0.29) is 8.82 Å². The highest BCUT2D eigenvalue weighted by Crippen LogP contribution is 2.41. The van der Waals surface area contributed by atoms with E-state index in [1.165, 1.54) is 0 Å². The molecule has 0 aromatic heterocycles. The summed E-state index contributed by atoms with van der Waals surface area (Å²) in [5.74, 6) is -2.11. The van der Waals surface area contributed by atoms with Gasteiger partial charge in [0, 0.05) is 3.92 Å². The van der Waals surface area contributed by atoms with Crippen molar-refractivity contribution in [1.82, 2.24) is 0 Å². The van der Waals surface area contributed by atoms with Gasteiger partial charge in [-0.25, -0.2) is 17.2 Å². The van der Waals surface area contributed by atoms with Crippen LogP contribution < -0.4 is 0 Å². The van der Waals surface area contributed by atoms with Gasteiger partial charge in [-0.1, -0.05) is 22.6 Å². The van der Waals surface area contributed by atoms with Gasteiger partial charge in [0.2, 0.25) is 0 Å². The lowest BCUT2D eigenvalue weighted by atomic mass is 10.1. The van der Waals surface area contributed by atoms with Gasteiger partial charge in [-0.15, -0.1) is 0 Å². The van der Waals surface area contributed by atoms with Gasteiger partial charge in [0.1, 0.15) is 0 Å². The number of benzene rings is 1. The van der Waals surface area contributed by atoms with Crippen LogP contribution in [0.25, 0.3) is 0 Å². The monoisotopic (exact) mass is 358 g/mol. The summed E-state index contributed by atoms with van der Waals surface area (Å²) in [4.78, 5) is -0.0652. The van der Waals surface area contributed by atoms with E-state index >= 15 is 0 Å². The minimum absolute atomic E-state index is 0.0652. The van der Waals surface area contributed by atoms with E-state index in [4.69, 9.17) is 0 Å². The first-order chi connectivity index (χ1) is 7.34. The van der Waals surface area contributed by atoms with Crippen LogP contribution in [0.15, 0.2) is 17.0 Å². The van der Waals surface area contributed by atoms with Crippen molar-refractivity contribution in [3.63, 3.8) is 0 Å². The molecule has 1 aromatic carbocycles. The molecule has 2 unspecified atom stereocenters. The van der Waals surface area contributed by atoms with E-state index in [9.17, 15) is 17.2 Å². The number of alkyl halides is 1. The molecule has 16 heavy (non-hydrogen) atoms. The van der Waals surface area contributed by atoms with Crippen LogP contribution in [0.1, 0.15) is 22.8 Å². The number of hydrogen-bond donors (Lipinski definition) is 0. The third kappa shape index (κ3) is 1.75. The van der Waals surface area contributed by atoms with Gasteiger partial charge >= 0.3 is 0 Å². The first-order valence-corrected chi connectivity index (χ1v) is 7.50. The zero-order chi connectivity index (χ0) is 12.1. The average Bonchev–Trinajstić information content (AvgIpc) is 2.19. The van der Waals surface area contributed by atoms with E-state index in [1.807, 2.05) is 0 Å². The second-order valence-corrected chi connectivity index (χ2v) is 7.70. The zero-order valence-electron chi connectivity index (χ0n) is 8.38. The van der Waals surface area contributed by atoms with Crippen molar-refractivity contribution < 1.29 is 17.2 Å². The van der Waals surface area contributed by atoms with Gasteiger partial charge in [-0.3, -0.25) is 0 Å². The summed E-state index contributed by atoms with van der Waals surface area (Å²) < 4.78 is 49.9. The molecule has 0 bridgehead atoms. The summed E-state index contributed by atoms with van der Waals surface area (Å²) in [5, 5.41) is -0.549. The Morgan fingerprint density at radius 3 is 2.50 bits per heavy atom. The molecule has 1 heterocycles. The maximum Gasteiger partial charge on any atom is 0.181 e. The first kappa shape index (κ1) is 12.2. The van der Waals surface area contributed by atoms with Crippen molar-refractivity contribution in [2.24, 2.45) is 0 Å². The van der Waals surface area contributed by atoms with Crippen molar-refractivity contribution in [2.75, 3.05) is 0 Å². The molecule has 2 rings (SSSR count). The summed E-state index contributed by atoms with van der Waals surface area (Å²) in [6.07, 6.45) is 0.432. The Morgan fingerprint density at radius 2 is 1.88 bits per heavy atom. The molecule has 2 nitrogen and oxygen atoms in total. The second-order valence-electron chi connectivity index (χ2n) is 3.86. The van der Waals surface area contributed by atoms with Gasteiger partial charge in [-0.2, -0.15) is 0 Å². The standard InChI is InChI=1S/C10H9F2IO2S/c1-5-2-9(13)6-3-7(11)8(12)4-10(6)16(5,14)15/h3-5,9H,2H2,1H3. The first-order valence-electron chi connectivity index (χ1n) is 4.71. The minimum Gasteiger partial charge on any atom is -0.223 e. The molecule has 0 saturated heterocycles. The van der Waals surface area contributed by atoms with E-state index in [1.54, 1.807) is 6.92 Å². The molecule has 2 atom stereocenters. The molecule has 0 aliphatic carbocycles. The fourth-order valence-electron chi connectivity index (χ4n) is 1.80. The van der Waals surface area contributed by atoms with Crippen LogP contribution in [-0.4, -0.2) is 13.7 Å². The predicted octanol–water partition coefficient (Wildman–Crippen LogP) is 3.01. The Balaban J connectivity index is 2.75. The largest absolute Gasteiger partial charge is 0.223 e. The third-order valence-electron chi connectivity index (χ3n) is 2.77. The fraction of sp³-hybridized carbons (Fsp3) is 0.400. The Morgan fingerprint density at radius 1 is 1.31 bits per heavy atom. The van der Waals surface area contributed by atoms with Crippen molar-refractivity contribution in [1.29, 1.82) is 0 Å². The van der Waals surface area contributed by atoms with Crippen LogP contribution in [-0.2, 0) is 9.84 Å². The Bertz CT molecular complexity index is 542. The fourth-order valence-corrected chi connectivity index (χ4v) is 5.31. The van der Waals surface area contributed by atoms with Crippen LogP contribution in [0, 0.1) is 11.6 Å². The van der Waals surface area contributed by atoms with E-state index in [2.05, 4.69) is 22.6 Å². The minimum atomic E-state index is -3.50. The molecule has 0 fully saturated rings. The molecule has 6 heteroatoms. The molecule has 0 N–H and O–H groups in total. The topological polar surface area (TPSA) is 34.1 Å². The van der Waals surface area contributed by atoms with Crippen LogP contribution >= 0.6 is 22.6 Å². The highest BCUT2D eigenvalue weighted by Gasteiger charge is 2.36. The molecule has 0 saturated carbocycles. The quantitative estimate of drug-likeness (QED) is 0.406. The molecule has 1 aliphatic heterocycles. The summed E-state index contributed by atoms with van der Waals surface area (Å²) in [6, 6.07) is 1.78. The Hall–Kier alpha value is -0.240. The molecular formula is C10H9F2IO2S. The second kappa shape index (κ2) is 3.90. The van der Waals surface area contributed by atoms with Crippen LogP contribution in [0.5, 0.6) is 0 Å². The van der Waals surface area contributed by atoms with Gasteiger partial charge in [0.25, 0.3) is 0 Å². The molecule has 88 valence electrons. The highest BCUT2D eigenvalue weighted by molar-refractivity contribution is 14.1. The summed E-state index contributed by atoms with van der Waals surface area (Å²) >= 11 is 2.05. The van der Waals surface area contributed by atoms with Gasteiger partial charge < -0.3 is 0 Å². The van der Waals surface area contributed by atoms with Crippen LogP contribution in [0.2, 0.25) is 0 Å². The highest BCUT2D eigenvalue weighted by atomic mass is 127. The molecule has 0 radical (unpaired) electrons. The Kier molecular flexibility index (Phi) is 2.98. The lowest BCUT2D eigenvalue weighted by Gasteiger charge is -2.26. The number of halogens is 3. The Labute approximate surface area is 106 Å². The van der Waals surface area contributed by atoms with Gasteiger partial charge in [-0.05, 0) is 31.0 Å². The third-order valence-corrected chi connectivity index (χ3v) is 6.16. The lowest BCUT2D eigenvalue weighted by Crippen LogP contribution is -2.26.